The molecule has 7 heteroatoms. The van der Waals surface area contributed by atoms with Crippen LogP contribution in [0.15, 0.2) is 36.7 Å². The number of nitrogens with zero attached hydrogens (tertiary/aromatic N) is 1. The van der Waals surface area contributed by atoms with E-state index >= 15 is 0 Å². The summed E-state index contributed by atoms with van der Waals surface area (Å²) in [7, 11) is 0. The first kappa shape index (κ1) is 13.1. The van der Waals surface area contributed by atoms with Gasteiger partial charge < -0.3 is 10.3 Å². The molecule has 98 valence electrons. The van der Waals surface area contributed by atoms with Gasteiger partial charge in [0.25, 0.3) is 11.6 Å². The Labute approximate surface area is 113 Å². The molecule has 2 aromatic rings. The zero-order chi connectivity index (χ0) is 13.8. The van der Waals surface area contributed by atoms with Gasteiger partial charge in [0.1, 0.15) is 5.56 Å². The highest BCUT2D eigenvalue weighted by Crippen LogP contribution is 2.23. The molecule has 0 aliphatic carbocycles. The highest BCUT2D eigenvalue weighted by molar-refractivity contribution is 6.31. The topological polar surface area (TPSA) is 88.0 Å². The normalized spacial score (nSPS) is 10.2. The van der Waals surface area contributed by atoms with E-state index in [4.69, 9.17) is 11.6 Å². The summed E-state index contributed by atoms with van der Waals surface area (Å²) in [5.74, 6) is -0.510. The highest BCUT2D eigenvalue weighted by Gasteiger charge is 2.20. The number of nitro benzene ring substituents is 1. The van der Waals surface area contributed by atoms with E-state index in [1.807, 2.05) is 0 Å². The molecule has 1 amide bonds. The summed E-state index contributed by atoms with van der Waals surface area (Å²) < 4.78 is 0. The van der Waals surface area contributed by atoms with Crippen molar-refractivity contribution in [2.75, 3.05) is 0 Å². The molecular formula is C12H10ClN3O3. The first-order chi connectivity index (χ1) is 9.08. The largest absolute Gasteiger partial charge is 0.367 e. The smallest absolute Gasteiger partial charge is 0.283 e. The van der Waals surface area contributed by atoms with Crippen LogP contribution in [0.5, 0.6) is 0 Å². The van der Waals surface area contributed by atoms with Crippen LogP contribution in [0.2, 0.25) is 5.02 Å². The minimum atomic E-state index is -0.628. The molecule has 1 aromatic carbocycles. The molecule has 2 rings (SSSR count). The van der Waals surface area contributed by atoms with Crippen LogP contribution >= 0.6 is 11.6 Å². The number of aromatic amines is 1. The van der Waals surface area contributed by atoms with Gasteiger partial charge in [-0.05, 0) is 23.8 Å². The number of nitro groups is 1. The third kappa shape index (κ3) is 3.11. The van der Waals surface area contributed by atoms with Crippen LogP contribution in [0.1, 0.15) is 15.9 Å². The number of amides is 1. The number of carbonyl (C=O) groups excluding carboxylic acids is 1. The molecule has 0 atom stereocenters. The zero-order valence-corrected chi connectivity index (χ0v) is 10.5. The zero-order valence-electron chi connectivity index (χ0n) is 9.72. The number of nitrogens with one attached hydrogen (secondary N) is 2. The fourth-order valence-electron chi connectivity index (χ4n) is 1.59. The molecule has 1 aromatic heterocycles. The highest BCUT2D eigenvalue weighted by atomic mass is 35.5. The molecule has 0 saturated heterocycles. The molecule has 1 heterocycles. The maximum absolute atomic E-state index is 11.9. The Morgan fingerprint density at radius 2 is 2.21 bits per heavy atom. The third-order valence-electron chi connectivity index (χ3n) is 2.52. The van der Waals surface area contributed by atoms with Crippen molar-refractivity contribution in [3.05, 3.63) is 62.9 Å². The molecule has 0 spiro atoms. The Morgan fingerprint density at radius 1 is 1.42 bits per heavy atom. The summed E-state index contributed by atoms with van der Waals surface area (Å²) in [5.41, 5.74) is 0.564. The van der Waals surface area contributed by atoms with E-state index in [1.165, 1.54) is 12.1 Å². The van der Waals surface area contributed by atoms with Crippen LogP contribution in [0.3, 0.4) is 0 Å². The van der Waals surface area contributed by atoms with Crippen molar-refractivity contribution >= 4 is 23.2 Å². The Hall–Kier alpha value is -2.34. The van der Waals surface area contributed by atoms with Gasteiger partial charge in [0.2, 0.25) is 0 Å². The van der Waals surface area contributed by atoms with Crippen LogP contribution < -0.4 is 5.32 Å². The van der Waals surface area contributed by atoms with E-state index in [0.29, 0.717) is 6.54 Å². The van der Waals surface area contributed by atoms with Gasteiger partial charge in [-0.3, -0.25) is 14.9 Å². The summed E-state index contributed by atoms with van der Waals surface area (Å²) in [5, 5.41) is 13.7. The first-order valence-electron chi connectivity index (χ1n) is 5.42. The number of rotatable bonds is 4. The van der Waals surface area contributed by atoms with Crippen molar-refractivity contribution in [2.24, 2.45) is 0 Å². The van der Waals surface area contributed by atoms with Crippen LogP contribution in [0.4, 0.5) is 5.69 Å². The van der Waals surface area contributed by atoms with Crippen molar-refractivity contribution in [1.82, 2.24) is 10.3 Å². The van der Waals surface area contributed by atoms with Crippen molar-refractivity contribution in [3.8, 4) is 0 Å². The minimum Gasteiger partial charge on any atom is -0.367 e. The van der Waals surface area contributed by atoms with Crippen molar-refractivity contribution in [2.45, 2.75) is 6.54 Å². The van der Waals surface area contributed by atoms with E-state index in [-0.39, 0.29) is 16.3 Å². The first-order valence-corrected chi connectivity index (χ1v) is 5.79. The molecule has 2 N–H and O–H groups in total. The molecule has 19 heavy (non-hydrogen) atoms. The molecule has 6 nitrogen and oxygen atoms in total. The number of benzene rings is 1. The van der Waals surface area contributed by atoms with E-state index < -0.39 is 10.8 Å². The Morgan fingerprint density at radius 3 is 2.84 bits per heavy atom. The SMILES string of the molecule is O=C(NCc1cc[nH]c1)c1ccc(Cl)cc1[N+](=O)[O-]. The van der Waals surface area contributed by atoms with Crippen LogP contribution in [0.25, 0.3) is 0 Å². The average Bonchev–Trinajstić information content (AvgIpc) is 2.88. The predicted octanol–water partition coefficient (Wildman–Crippen LogP) is 2.51. The summed E-state index contributed by atoms with van der Waals surface area (Å²) in [4.78, 5) is 25.0. The fourth-order valence-corrected chi connectivity index (χ4v) is 1.76. The van der Waals surface area contributed by atoms with Crippen LogP contribution in [-0.2, 0) is 6.54 Å². The number of aromatic nitrogens is 1. The average molecular weight is 280 g/mol. The van der Waals surface area contributed by atoms with E-state index in [9.17, 15) is 14.9 Å². The van der Waals surface area contributed by atoms with Gasteiger partial charge in [-0.1, -0.05) is 11.6 Å². The third-order valence-corrected chi connectivity index (χ3v) is 2.75. The minimum absolute atomic E-state index is 0.00932. The van der Waals surface area contributed by atoms with Crippen molar-refractivity contribution in [3.63, 3.8) is 0 Å². The van der Waals surface area contributed by atoms with Crippen LogP contribution in [-0.4, -0.2) is 15.8 Å². The lowest BCUT2D eigenvalue weighted by atomic mass is 10.1. The van der Waals surface area contributed by atoms with Crippen molar-refractivity contribution in [1.29, 1.82) is 0 Å². The van der Waals surface area contributed by atoms with Gasteiger partial charge in [-0.15, -0.1) is 0 Å². The number of hydrogen-bond donors (Lipinski definition) is 2. The van der Waals surface area contributed by atoms with Crippen molar-refractivity contribution < 1.29 is 9.72 Å². The van der Waals surface area contributed by atoms with E-state index in [0.717, 1.165) is 11.6 Å². The van der Waals surface area contributed by atoms with Gasteiger partial charge in [-0.25, -0.2) is 0 Å². The summed E-state index contributed by atoms with van der Waals surface area (Å²) in [6, 6.07) is 5.75. The molecule has 0 unspecified atom stereocenters. The second-order valence-corrected chi connectivity index (χ2v) is 4.26. The number of carbonyl (C=O) groups is 1. The Kier molecular flexibility index (Phi) is 3.82. The molecule has 0 bridgehead atoms. The molecular weight excluding hydrogens is 270 g/mol. The second kappa shape index (κ2) is 5.53. The lowest BCUT2D eigenvalue weighted by molar-refractivity contribution is -0.385. The summed E-state index contributed by atoms with van der Waals surface area (Å²) in [6.07, 6.45) is 3.46. The molecule has 0 aliphatic heterocycles. The lowest BCUT2D eigenvalue weighted by Crippen LogP contribution is -2.23. The van der Waals surface area contributed by atoms with E-state index in [2.05, 4.69) is 10.3 Å². The Balaban J connectivity index is 2.16. The van der Waals surface area contributed by atoms with Gasteiger partial charge >= 0.3 is 0 Å². The molecule has 0 saturated carbocycles. The fraction of sp³-hybridized carbons (Fsp3) is 0.0833. The standard InChI is InChI=1S/C12H10ClN3O3/c13-9-1-2-10(11(5-9)16(18)19)12(17)15-7-8-3-4-14-6-8/h1-6,14H,7H2,(H,15,17). The quantitative estimate of drug-likeness (QED) is 0.666. The van der Waals surface area contributed by atoms with Gasteiger partial charge in [0.05, 0.1) is 4.92 Å². The second-order valence-electron chi connectivity index (χ2n) is 3.82. The van der Waals surface area contributed by atoms with Gasteiger partial charge in [0.15, 0.2) is 0 Å². The number of hydrogen-bond acceptors (Lipinski definition) is 3. The summed E-state index contributed by atoms with van der Waals surface area (Å²) in [6.45, 7) is 0.294. The Bertz CT molecular complexity index is 611. The van der Waals surface area contributed by atoms with Gasteiger partial charge in [-0.2, -0.15) is 0 Å². The lowest BCUT2D eigenvalue weighted by Gasteiger charge is -2.05. The molecule has 0 aliphatic rings. The maximum Gasteiger partial charge on any atom is 0.283 e. The summed E-state index contributed by atoms with van der Waals surface area (Å²) >= 11 is 5.68. The predicted molar refractivity (Wildman–Crippen MR) is 70.1 cm³/mol. The van der Waals surface area contributed by atoms with Gasteiger partial charge in [0, 0.05) is 30.0 Å². The van der Waals surface area contributed by atoms with E-state index in [1.54, 1.807) is 18.5 Å². The monoisotopic (exact) mass is 279 g/mol. The molecule has 0 radical (unpaired) electrons. The van der Waals surface area contributed by atoms with Crippen LogP contribution in [0, 0.1) is 10.1 Å². The number of H-pyrrole nitrogens is 1. The molecule has 0 fully saturated rings. The number of halogens is 1. The maximum atomic E-state index is 11.9.